The predicted molar refractivity (Wildman–Crippen MR) is 77.1 cm³/mol. The first-order chi connectivity index (χ1) is 9.55. The number of carbonyl (C=O) groups excluding carboxylic acids is 2. The van der Waals surface area contributed by atoms with Gasteiger partial charge in [-0.05, 0) is 12.8 Å². The van der Waals surface area contributed by atoms with Crippen LogP contribution in [0.1, 0.15) is 44.1 Å². The van der Waals surface area contributed by atoms with Gasteiger partial charge in [0.25, 0.3) is 0 Å². The molecule has 2 amide bonds. The number of anilines is 1. The molecule has 1 aromatic rings. The van der Waals surface area contributed by atoms with Crippen LogP contribution in [0.25, 0.3) is 0 Å². The van der Waals surface area contributed by atoms with Crippen molar-refractivity contribution in [2.75, 3.05) is 4.90 Å². The first-order valence-corrected chi connectivity index (χ1v) is 7.16. The summed E-state index contributed by atoms with van der Waals surface area (Å²) in [6, 6.07) is 0. The van der Waals surface area contributed by atoms with Gasteiger partial charge in [0.15, 0.2) is 0 Å². The molecular weight excluding hydrogens is 276 g/mol. The van der Waals surface area contributed by atoms with Gasteiger partial charge in [0.05, 0.1) is 17.2 Å². The van der Waals surface area contributed by atoms with E-state index in [2.05, 4.69) is 10.2 Å². The summed E-state index contributed by atoms with van der Waals surface area (Å²) in [5, 5.41) is 6.53. The van der Waals surface area contributed by atoms with Crippen LogP contribution < -0.4 is 10.6 Å². The van der Waals surface area contributed by atoms with Gasteiger partial charge >= 0.3 is 0 Å². The molecule has 0 unspecified atom stereocenters. The Labute approximate surface area is 121 Å². The molecule has 3 N–H and O–H groups in total. The van der Waals surface area contributed by atoms with E-state index in [1.54, 1.807) is 0 Å². The first kappa shape index (κ1) is 13.2. The molecule has 1 aliphatic heterocycles. The summed E-state index contributed by atoms with van der Waals surface area (Å²) in [5.41, 5.74) is 5.53. The highest BCUT2D eigenvalue weighted by molar-refractivity contribution is 7.80. The van der Waals surface area contributed by atoms with Gasteiger partial charge in [0.2, 0.25) is 11.8 Å². The van der Waals surface area contributed by atoms with E-state index >= 15 is 0 Å². The molecule has 1 aliphatic carbocycles. The quantitative estimate of drug-likeness (QED) is 0.632. The summed E-state index contributed by atoms with van der Waals surface area (Å²) in [4.78, 5) is 26.4. The van der Waals surface area contributed by atoms with Crippen molar-refractivity contribution in [3.63, 3.8) is 0 Å². The highest BCUT2D eigenvalue weighted by Gasteiger charge is 2.52. The van der Waals surface area contributed by atoms with Gasteiger partial charge in [0.1, 0.15) is 10.8 Å². The first-order valence-electron chi connectivity index (χ1n) is 6.76. The molecule has 20 heavy (non-hydrogen) atoms. The topological polar surface area (TPSA) is 92.1 Å². The number of rotatable bonds is 2. The molecular formula is C13H16N4O2S. The van der Waals surface area contributed by atoms with Crippen molar-refractivity contribution in [3.8, 4) is 0 Å². The third-order valence-electron chi connectivity index (χ3n) is 4.31. The molecule has 1 saturated heterocycles. The van der Waals surface area contributed by atoms with Gasteiger partial charge in [-0.3, -0.25) is 14.7 Å². The Morgan fingerprint density at radius 1 is 1.35 bits per heavy atom. The molecule has 0 aromatic carbocycles. The molecule has 6 nitrogen and oxygen atoms in total. The second-order valence-corrected chi connectivity index (χ2v) is 5.99. The van der Waals surface area contributed by atoms with Crippen LogP contribution in [0, 0.1) is 5.41 Å². The Hall–Kier alpha value is -1.76. The lowest BCUT2D eigenvalue weighted by molar-refractivity contribution is -0.127. The fourth-order valence-corrected chi connectivity index (χ4v) is 3.42. The van der Waals surface area contributed by atoms with Crippen LogP contribution in [-0.2, 0) is 9.59 Å². The van der Waals surface area contributed by atoms with E-state index in [-0.39, 0.29) is 23.2 Å². The van der Waals surface area contributed by atoms with Crippen molar-refractivity contribution in [1.82, 2.24) is 10.2 Å². The molecule has 2 aliphatic rings. The van der Waals surface area contributed by atoms with E-state index in [0.29, 0.717) is 11.4 Å². The Bertz CT molecular complexity index is 589. The molecule has 0 bridgehead atoms. The highest BCUT2D eigenvalue weighted by Crippen LogP contribution is 2.46. The largest absolute Gasteiger partial charge is 0.389 e. The van der Waals surface area contributed by atoms with Crippen LogP contribution in [0.3, 0.4) is 0 Å². The van der Waals surface area contributed by atoms with Crippen molar-refractivity contribution in [2.24, 2.45) is 11.1 Å². The third kappa shape index (κ3) is 1.84. The van der Waals surface area contributed by atoms with E-state index in [1.807, 2.05) is 0 Å². The van der Waals surface area contributed by atoms with E-state index < -0.39 is 5.41 Å². The number of imide groups is 1. The summed E-state index contributed by atoms with van der Waals surface area (Å²) < 4.78 is 0. The Morgan fingerprint density at radius 2 is 2.05 bits per heavy atom. The van der Waals surface area contributed by atoms with Gasteiger partial charge in [0, 0.05) is 6.42 Å². The summed E-state index contributed by atoms with van der Waals surface area (Å²) in [7, 11) is 0. The van der Waals surface area contributed by atoms with Crippen LogP contribution in [0.15, 0.2) is 6.20 Å². The van der Waals surface area contributed by atoms with E-state index in [4.69, 9.17) is 18.0 Å². The number of aromatic amines is 1. The van der Waals surface area contributed by atoms with Crippen molar-refractivity contribution in [2.45, 2.75) is 38.5 Å². The molecule has 3 rings (SSSR count). The predicted octanol–water partition coefficient (Wildman–Crippen LogP) is 1.26. The molecule has 1 spiro atoms. The van der Waals surface area contributed by atoms with Crippen LogP contribution in [-0.4, -0.2) is 27.0 Å². The van der Waals surface area contributed by atoms with Crippen molar-refractivity contribution >= 4 is 34.8 Å². The fourth-order valence-electron chi connectivity index (χ4n) is 3.27. The summed E-state index contributed by atoms with van der Waals surface area (Å²) in [6.07, 6.45) is 6.42. The normalized spacial score (nSPS) is 21.7. The number of thiocarbonyl (C=S) groups is 1. The van der Waals surface area contributed by atoms with Gasteiger partial charge in [-0.1, -0.05) is 31.5 Å². The van der Waals surface area contributed by atoms with Crippen molar-refractivity contribution < 1.29 is 9.59 Å². The van der Waals surface area contributed by atoms with Gasteiger partial charge < -0.3 is 5.73 Å². The average Bonchev–Trinajstić information content (AvgIpc) is 2.96. The molecule has 2 heterocycles. The summed E-state index contributed by atoms with van der Waals surface area (Å²) >= 11 is 4.93. The van der Waals surface area contributed by atoms with Gasteiger partial charge in [-0.15, -0.1) is 0 Å². The second kappa shape index (κ2) is 4.66. The smallest absolute Gasteiger partial charge is 0.241 e. The SMILES string of the molecule is NC(=S)c1cn[nH]c1N1C(=O)CC2(CCCCC2)C1=O. The highest BCUT2D eigenvalue weighted by atomic mass is 32.1. The molecule has 0 radical (unpaired) electrons. The Balaban J connectivity index is 1.98. The van der Waals surface area contributed by atoms with Crippen LogP contribution >= 0.6 is 12.2 Å². The summed E-state index contributed by atoms with van der Waals surface area (Å²) in [5.74, 6) is -0.0162. The second-order valence-electron chi connectivity index (χ2n) is 5.55. The van der Waals surface area contributed by atoms with Crippen molar-refractivity contribution in [1.29, 1.82) is 0 Å². The molecule has 2 fully saturated rings. The lowest BCUT2D eigenvalue weighted by atomic mass is 9.73. The number of amides is 2. The monoisotopic (exact) mass is 292 g/mol. The number of H-pyrrole nitrogens is 1. The Morgan fingerprint density at radius 3 is 2.70 bits per heavy atom. The maximum absolute atomic E-state index is 12.7. The molecule has 1 aromatic heterocycles. The van der Waals surface area contributed by atoms with Crippen molar-refractivity contribution in [3.05, 3.63) is 11.8 Å². The number of carbonyl (C=O) groups is 2. The lowest BCUT2D eigenvalue weighted by Gasteiger charge is -2.30. The Kier molecular flexibility index (Phi) is 3.08. The zero-order chi connectivity index (χ0) is 14.3. The minimum atomic E-state index is -0.520. The molecule has 1 saturated carbocycles. The zero-order valence-electron chi connectivity index (χ0n) is 11.0. The standard InChI is InChI=1S/C13H16N4O2S/c14-10(20)8-7-15-16-11(8)17-9(18)6-13(12(17)19)4-2-1-3-5-13/h7H,1-6H2,(H2,14,20)(H,15,16). The number of nitrogens with two attached hydrogens (primary N) is 1. The minimum absolute atomic E-state index is 0.124. The van der Waals surface area contributed by atoms with Gasteiger partial charge in [-0.25, -0.2) is 4.90 Å². The summed E-state index contributed by atoms with van der Waals surface area (Å²) in [6.45, 7) is 0. The number of aromatic nitrogens is 2. The molecule has 7 heteroatoms. The maximum Gasteiger partial charge on any atom is 0.241 e. The van der Waals surface area contributed by atoms with Crippen LogP contribution in [0.2, 0.25) is 0 Å². The third-order valence-corrected chi connectivity index (χ3v) is 4.53. The zero-order valence-corrected chi connectivity index (χ0v) is 11.8. The maximum atomic E-state index is 12.7. The molecule has 0 atom stereocenters. The number of nitrogens with zero attached hydrogens (tertiary/aromatic N) is 2. The molecule has 106 valence electrons. The van der Waals surface area contributed by atoms with Crippen LogP contribution in [0.5, 0.6) is 0 Å². The lowest BCUT2D eigenvalue weighted by Crippen LogP contribution is -2.38. The number of hydrogen-bond donors (Lipinski definition) is 2. The number of nitrogens with one attached hydrogen (secondary N) is 1. The van der Waals surface area contributed by atoms with Gasteiger partial charge in [-0.2, -0.15) is 5.10 Å². The van der Waals surface area contributed by atoms with E-state index in [0.717, 1.165) is 32.1 Å². The average molecular weight is 292 g/mol. The minimum Gasteiger partial charge on any atom is -0.389 e. The van der Waals surface area contributed by atoms with E-state index in [9.17, 15) is 9.59 Å². The fraction of sp³-hybridized carbons (Fsp3) is 0.538. The van der Waals surface area contributed by atoms with Crippen LogP contribution in [0.4, 0.5) is 5.82 Å². The number of hydrogen-bond acceptors (Lipinski definition) is 4. The van der Waals surface area contributed by atoms with E-state index in [1.165, 1.54) is 11.1 Å².